The van der Waals surface area contributed by atoms with Gasteiger partial charge < -0.3 is 97.1 Å². The van der Waals surface area contributed by atoms with Gasteiger partial charge in [0, 0.05) is 72.6 Å². The summed E-state index contributed by atoms with van der Waals surface area (Å²) in [5.74, 6) is 0. The number of thiophene rings is 4. The van der Waals surface area contributed by atoms with E-state index in [2.05, 4.69) is 40.2 Å². The summed E-state index contributed by atoms with van der Waals surface area (Å²) in [5.41, 5.74) is 0.818. The fourth-order valence-electron chi connectivity index (χ4n) is 14.0. The minimum atomic E-state index is -4.12. The van der Waals surface area contributed by atoms with Crippen molar-refractivity contribution in [2.24, 2.45) is 5.41 Å². The maximum Gasteiger partial charge on any atom is 0.250 e. The van der Waals surface area contributed by atoms with Crippen molar-refractivity contribution in [3.8, 4) is 0 Å². The average Bonchev–Trinajstić information content (AvgIpc) is 1.63. The predicted molar refractivity (Wildman–Crippen MR) is 484 cm³/mol. The van der Waals surface area contributed by atoms with Gasteiger partial charge >= 0.3 is 0 Å². The van der Waals surface area contributed by atoms with Gasteiger partial charge in [-0.15, -0.1) is 45.3 Å². The van der Waals surface area contributed by atoms with E-state index in [9.17, 15) is 67.3 Å². The minimum Gasteiger partial charge on any atom is -0.378 e. The summed E-state index contributed by atoms with van der Waals surface area (Å²) in [6.45, 7) is 20.9. The van der Waals surface area contributed by atoms with Crippen LogP contribution in [-0.4, -0.2) is 352 Å². The van der Waals surface area contributed by atoms with Crippen LogP contribution in [0.1, 0.15) is 127 Å². The summed E-state index contributed by atoms with van der Waals surface area (Å²) in [7, 11) is -30.9. The molecule has 40 nitrogen and oxygen atoms in total. The van der Waals surface area contributed by atoms with Gasteiger partial charge in [0.1, 0.15) is 33.7 Å². The molecule has 0 bridgehead atoms. The Morgan fingerprint density at radius 1 is 0.271 bits per heavy atom. The Morgan fingerprint density at radius 2 is 0.426 bits per heavy atom. The number of hydrogen-bond acceptors (Lipinski definition) is 40. The lowest BCUT2D eigenvalue weighted by Gasteiger charge is -2.33. The zero-order chi connectivity index (χ0) is 93.8. The molecule has 52 heteroatoms. The Labute approximate surface area is 777 Å². The molecular formula is C77H132N8O32S12. The SMILES string of the molecule is CCN[C@H]1C[C@H](C)S(=O)(=O)c2sc(S(=O)(=O)NCCOCCOCCOCCOCCOCCOCC(COCCOCCNS(=O)(=O)c3cc4c(s3)S(=O)(=O)[C@@H](C)C[C@@H]4NCC)(COCCOCCNS(=O)(=O)c3cc4c(s3)S(=O)(=O)[C@@H](C)C[C@@H]4NCC)COCCOCCOCCOCCOCCOCCNS(=O)(=O)c3cc4c(s3)S(=O)(=O)[C@@H](C)C[C@@H]4NCC)cc21. The van der Waals surface area contributed by atoms with Crippen molar-refractivity contribution in [1.82, 2.24) is 40.2 Å². The van der Waals surface area contributed by atoms with E-state index in [1.165, 1.54) is 24.3 Å². The second kappa shape index (κ2) is 55.3. The lowest BCUT2D eigenvalue weighted by Crippen LogP contribution is -2.43. The van der Waals surface area contributed by atoms with E-state index in [1.54, 1.807) is 27.7 Å². The van der Waals surface area contributed by atoms with Gasteiger partial charge in [0.25, 0.3) is 0 Å². The van der Waals surface area contributed by atoms with Crippen molar-refractivity contribution in [3.05, 3.63) is 46.5 Å². The molecule has 0 spiro atoms. The van der Waals surface area contributed by atoms with Crippen LogP contribution in [0.2, 0.25) is 0 Å². The Morgan fingerprint density at radius 3 is 0.589 bits per heavy atom. The zero-order valence-corrected chi connectivity index (χ0v) is 84.3. The van der Waals surface area contributed by atoms with Crippen molar-refractivity contribution >= 4 is 125 Å². The van der Waals surface area contributed by atoms with Gasteiger partial charge in [0.05, 0.1) is 238 Å². The molecule has 4 aromatic heterocycles. The summed E-state index contributed by atoms with van der Waals surface area (Å²) in [5, 5.41) is 10.4. The second-order valence-corrected chi connectivity index (χ2v) is 53.1. The first kappa shape index (κ1) is 112. The first-order chi connectivity index (χ1) is 61.5. The lowest BCUT2D eigenvalue weighted by atomic mass is 9.92. The molecule has 0 saturated heterocycles. The van der Waals surface area contributed by atoms with E-state index >= 15 is 0 Å². The molecule has 8 rings (SSSR count). The Hall–Kier alpha value is -2.56. The number of sulfone groups is 4. The third-order valence-electron chi connectivity index (χ3n) is 20.8. The molecule has 8 heterocycles. The number of nitrogens with one attached hydrogen (secondary N) is 8. The molecule has 744 valence electrons. The summed E-state index contributed by atoms with van der Waals surface area (Å²) in [6.07, 6.45) is 1.32. The maximum absolute atomic E-state index is 13.5. The van der Waals surface area contributed by atoms with Crippen molar-refractivity contribution < 1.29 is 143 Å². The Bertz CT molecular complexity index is 4680. The Balaban J connectivity index is 0.751. The van der Waals surface area contributed by atoms with Crippen molar-refractivity contribution in [3.63, 3.8) is 0 Å². The maximum atomic E-state index is 13.5. The van der Waals surface area contributed by atoms with Crippen LogP contribution in [-0.2, 0) is 155 Å². The van der Waals surface area contributed by atoms with Gasteiger partial charge in [-0.2, -0.15) is 0 Å². The van der Waals surface area contributed by atoms with Crippen LogP contribution in [0.15, 0.2) is 57.9 Å². The summed E-state index contributed by atoms with van der Waals surface area (Å²) in [6, 6.07) is 4.55. The highest BCUT2D eigenvalue weighted by Gasteiger charge is 2.45. The highest BCUT2D eigenvalue weighted by Crippen LogP contribution is 2.47. The molecule has 8 N–H and O–H groups in total. The first-order valence-electron chi connectivity index (χ1n) is 43.2. The molecule has 129 heavy (non-hydrogen) atoms. The highest BCUT2D eigenvalue weighted by molar-refractivity contribution is 7.97. The van der Waals surface area contributed by atoms with E-state index in [4.69, 9.17) is 75.8 Å². The van der Waals surface area contributed by atoms with E-state index in [0.717, 1.165) is 45.3 Å². The van der Waals surface area contributed by atoms with Gasteiger partial charge in [-0.3, -0.25) is 0 Å². The molecule has 8 atom stereocenters. The van der Waals surface area contributed by atoms with Gasteiger partial charge in [0.2, 0.25) is 40.1 Å². The number of ether oxygens (including phenoxy) is 16. The molecule has 4 aromatic rings. The van der Waals surface area contributed by atoms with E-state index in [0.29, 0.717) is 74.1 Å². The molecule has 4 aliphatic rings. The Kier molecular flexibility index (Phi) is 47.9. The van der Waals surface area contributed by atoms with Gasteiger partial charge in [-0.25, -0.2) is 86.2 Å². The van der Waals surface area contributed by atoms with E-state index in [-0.39, 0.29) is 295 Å². The number of fused-ring (bicyclic) bond motifs is 4. The summed E-state index contributed by atoms with van der Waals surface area (Å²) < 4.78 is 315. The van der Waals surface area contributed by atoms with E-state index < -0.39 is 106 Å². The lowest BCUT2D eigenvalue weighted by molar-refractivity contribution is -0.122. The average molecular weight is 2070 g/mol. The van der Waals surface area contributed by atoms with Crippen LogP contribution < -0.4 is 40.2 Å². The molecule has 0 aliphatic carbocycles. The van der Waals surface area contributed by atoms with Crippen LogP contribution in [0, 0.1) is 5.41 Å². The van der Waals surface area contributed by atoms with Crippen LogP contribution >= 0.6 is 45.3 Å². The second-order valence-electron chi connectivity index (χ2n) is 30.7. The molecule has 4 aliphatic heterocycles. The number of hydrogen-bond donors (Lipinski definition) is 8. The van der Waals surface area contributed by atoms with Crippen LogP contribution in [0.25, 0.3) is 0 Å². The standard InChI is InChI=1S/C77H132N8O32S12/c1-9-78-65-45-57(5)122(86,87)73-61(65)49-69(118-73)126(94,95)82-13-17-102-21-23-106-25-27-108-29-31-110-33-35-112-39-43-116-55-77(53-114-41-37-104-19-15-84-128(98,99)71-51-63-67(80-11-3)47-59(7)124(90,91)75(63)120-71,54-115-42-38-105-20-16-85-129(100,101)72-52-64-68(81-12-4)48-60(8)125(92,93)76(64)121-72)56-117-44-40-113-36-34-111-32-30-109-28-26-107-24-22-103-18-14-83-127(96,97)70-50-62-66(79-10-2)46-58(6)123(88,89)74(62)119-70/h49-52,57-60,65-68,78-85H,9-48,53-56H2,1-8H3/t57-,58-,59-,60-,65-,66-,67-,68-/m0/s1. The summed E-state index contributed by atoms with van der Waals surface area (Å²) in [4.78, 5) is 0. The molecule has 0 aromatic carbocycles. The monoisotopic (exact) mass is 2060 g/mol. The topological polar surface area (TPSA) is 517 Å². The number of sulfonamides is 4. The highest BCUT2D eigenvalue weighted by atomic mass is 32.3. The molecule has 0 fully saturated rings. The van der Waals surface area contributed by atoms with Crippen molar-refractivity contribution in [2.75, 3.05) is 264 Å². The van der Waals surface area contributed by atoms with Crippen LogP contribution in [0.4, 0.5) is 0 Å². The summed E-state index contributed by atoms with van der Waals surface area (Å²) >= 11 is 2.96. The molecule has 0 unspecified atom stereocenters. The zero-order valence-electron chi connectivity index (χ0n) is 74.5. The largest absolute Gasteiger partial charge is 0.378 e. The fourth-order valence-corrected chi connectivity index (χ4v) is 34.2. The number of rotatable bonds is 72. The molecule has 0 saturated carbocycles. The third-order valence-corrected chi connectivity index (χ3v) is 44.2. The van der Waals surface area contributed by atoms with Crippen molar-refractivity contribution in [1.29, 1.82) is 0 Å². The normalized spacial score (nSPS) is 20.8. The molecular weight excluding hydrogens is 1930 g/mol. The van der Waals surface area contributed by atoms with Crippen LogP contribution in [0.5, 0.6) is 0 Å². The predicted octanol–water partition coefficient (Wildman–Crippen LogP) is 3.26. The fraction of sp³-hybridized carbons (Fsp3) is 0.792. The van der Waals surface area contributed by atoms with Crippen molar-refractivity contribution in [2.45, 2.75) is 160 Å². The molecule has 0 radical (unpaired) electrons. The van der Waals surface area contributed by atoms with E-state index in [1.807, 2.05) is 27.7 Å². The minimum absolute atomic E-state index is 0.00503. The van der Waals surface area contributed by atoms with Gasteiger partial charge in [-0.05, 0) is 104 Å². The van der Waals surface area contributed by atoms with Gasteiger partial charge in [-0.1, -0.05) is 27.7 Å². The van der Waals surface area contributed by atoms with Gasteiger partial charge in [0.15, 0.2) is 39.3 Å². The molecule has 0 amide bonds. The quantitative estimate of drug-likeness (QED) is 0.0294. The smallest absolute Gasteiger partial charge is 0.250 e. The third kappa shape index (κ3) is 33.9. The first-order valence-corrected chi connectivity index (χ1v) is 58.6. The van der Waals surface area contributed by atoms with Crippen LogP contribution in [0.3, 0.4) is 0 Å².